The number of halogens is 1. The zero-order valence-corrected chi connectivity index (χ0v) is 12.1. The van der Waals surface area contributed by atoms with Gasteiger partial charge < -0.3 is 10.0 Å². The molecule has 0 saturated carbocycles. The van der Waals surface area contributed by atoms with Crippen LogP contribution in [0.2, 0.25) is 5.02 Å². The quantitative estimate of drug-likeness (QED) is 0.936. The molecule has 0 saturated heterocycles. The summed E-state index contributed by atoms with van der Waals surface area (Å²) in [5.41, 5.74) is 2.48. The molecule has 0 aliphatic rings. The van der Waals surface area contributed by atoms with E-state index in [4.69, 9.17) is 11.6 Å². The Morgan fingerprint density at radius 1 is 1.42 bits per heavy atom. The minimum Gasteiger partial charge on any atom is -0.382 e. The van der Waals surface area contributed by atoms with Crippen LogP contribution in [-0.4, -0.2) is 29.0 Å². The van der Waals surface area contributed by atoms with E-state index in [1.807, 2.05) is 50.2 Å². The van der Waals surface area contributed by atoms with Crippen molar-refractivity contribution in [2.75, 3.05) is 19.0 Å². The molecule has 2 rings (SSSR count). The largest absolute Gasteiger partial charge is 0.382 e. The maximum atomic E-state index is 10.5. The van der Waals surface area contributed by atoms with Gasteiger partial charge in [0, 0.05) is 26.3 Å². The Bertz CT molecular complexity index is 566. The fourth-order valence-corrected chi connectivity index (χ4v) is 2.27. The number of anilines is 1. The highest BCUT2D eigenvalue weighted by Gasteiger charge is 2.19. The SMILES string of the molecule is CCn1ncc(Cl)c1C(O)c1cccc(N(C)C)c1. The summed E-state index contributed by atoms with van der Waals surface area (Å²) in [6.07, 6.45) is 0.800. The fourth-order valence-electron chi connectivity index (χ4n) is 2.03. The van der Waals surface area contributed by atoms with Gasteiger partial charge in [-0.15, -0.1) is 0 Å². The molecular weight excluding hydrogens is 262 g/mol. The normalized spacial score (nSPS) is 12.5. The van der Waals surface area contributed by atoms with Crippen LogP contribution >= 0.6 is 11.6 Å². The van der Waals surface area contributed by atoms with E-state index >= 15 is 0 Å². The number of hydrogen-bond acceptors (Lipinski definition) is 3. The number of nitrogens with zero attached hydrogens (tertiary/aromatic N) is 3. The van der Waals surface area contributed by atoms with Crippen LogP contribution in [0.4, 0.5) is 5.69 Å². The van der Waals surface area contributed by atoms with Crippen molar-refractivity contribution in [2.24, 2.45) is 0 Å². The maximum absolute atomic E-state index is 10.5. The molecule has 1 heterocycles. The van der Waals surface area contributed by atoms with E-state index in [0.29, 0.717) is 17.3 Å². The molecule has 2 aromatic rings. The minimum atomic E-state index is -0.769. The third kappa shape index (κ3) is 2.74. The van der Waals surface area contributed by atoms with Gasteiger partial charge in [-0.05, 0) is 24.6 Å². The Morgan fingerprint density at radius 2 is 2.16 bits per heavy atom. The van der Waals surface area contributed by atoms with Crippen LogP contribution in [0.15, 0.2) is 30.5 Å². The number of benzene rings is 1. The molecule has 1 N–H and O–H groups in total. The zero-order chi connectivity index (χ0) is 14.0. The van der Waals surface area contributed by atoms with E-state index in [1.165, 1.54) is 0 Å². The Labute approximate surface area is 118 Å². The first kappa shape index (κ1) is 13.9. The lowest BCUT2D eigenvalue weighted by atomic mass is 10.1. The molecule has 5 heteroatoms. The topological polar surface area (TPSA) is 41.3 Å². The summed E-state index contributed by atoms with van der Waals surface area (Å²) in [4.78, 5) is 1.99. The third-order valence-electron chi connectivity index (χ3n) is 3.09. The molecule has 0 radical (unpaired) electrons. The highest BCUT2D eigenvalue weighted by molar-refractivity contribution is 6.31. The summed E-state index contributed by atoms with van der Waals surface area (Å²) in [5.74, 6) is 0. The molecule has 1 aromatic heterocycles. The molecule has 1 aromatic carbocycles. The first-order valence-electron chi connectivity index (χ1n) is 6.21. The minimum absolute atomic E-state index is 0.490. The summed E-state index contributed by atoms with van der Waals surface area (Å²) in [6, 6.07) is 7.76. The molecule has 1 atom stereocenters. The van der Waals surface area contributed by atoms with Crippen molar-refractivity contribution in [1.29, 1.82) is 0 Å². The standard InChI is InChI=1S/C14H18ClN3O/c1-4-18-13(12(15)9-16-18)14(19)10-6-5-7-11(8-10)17(2)3/h5-9,14,19H,4H2,1-3H3. The molecule has 0 bridgehead atoms. The van der Waals surface area contributed by atoms with Crippen LogP contribution in [0.25, 0.3) is 0 Å². The molecule has 19 heavy (non-hydrogen) atoms. The van der Waals surface area contributed by atoms with Crippen LogP contribution in [0.5, 0.6) is 0 Å². The van der Waals surface area contributed by atoms with Crippen LogP contribution in [-0.2, 0) is 6.54 Å². The van der Waals surface area contributed by atoms with Gasteiger partial charge in [0.05, 0.1) is 16.9 Å². The zero-order valence-electron chi connectivity index (χ0n) is 11.3. The highest BCUT2D eigenvalue weighted by atomic mass is 35.5. The monoisotopic (exact) mass is 279 g/mol. The molecule has 4 nitrogen and oxygen atoms in total. The van der Waals surface area contributed by atoms with E-state index in [-0.39, 0.29) is 0 Å². The van der Waals surface area contributed by atoms with Gasteiger partial charge in [-0.3, -0.25) is 4.68 Å². The van der Waals surface area contributed by atoms with Crippen molar-refractivity contribution in [2.45, 2.75) is 19.6 Å². The number of rotatable bonds is 4. The Hall–Kier alpha value is -1.52. The summed E-state index contributed by atoms with van der Waals surface area (Å²) in [5, 5.41) is 15.2. The van der Waals surface area contributed by atoms with Crippen molar-refractivity contribution < 1.29 is 5.11 Å². The molecule has 1 unspecified atom stereocenters. The van der Waals surface area contributed by atoms with Crippen molar-refractivity contribution in [1.82, 2.24) is 9.78 Å². The second-order valence-corrected chi connectivity index (χ2v) is 4.99. The van der Waals surface area contributed by atoms with Crippen LogP contribution in [0.3, 0.4) is 0 Å². The smallest absolute Gasteiger partial charge is 0.122 e. The Balaban J connectivity index is 2.41. The third-order valence-corrected chi connectivity index (χ3v) is 3.39. The van der Waals surface area contributed by atoms with E-state index in [0.717, 1.165) is 11.3 Å². The van der Waals surface area contributed by atoms with Crippen molar-refractivity contribution in [3.8, 4) is 0 Å². The van der Waals surface area contributed by atoms with Gasteiger partial charge in [-0.1, -0.05) is 23.7 Å². The van der Waals surface area contributed by atoms with Gasteiger partial charge in [-0.25, -0.2) is 0 Å². The Kier molecular flexibility index (Phi) is 4.12. The second kappa shape index (κ2) is 5.63. The van der Waals surface area contributed by atoms with Crippen LogP contribution in [0, 0.1) is 0 Å². The average Bonchev–Trinajstić information content (AvgIpc) is 2.79. The van der Waals surface area contributed by atoms with E-state index < -0.39 is 6.10 Å². The number of hydrogen-bond donors (Lipinski definition) is 1. The molecule has 0 spiro atoms. The molecule has 0 amide bonds. The average molecular weight is 280 g/mol. The first-order valence-corrected chi connectivity index (χ1v) is 6.59. The van der Waals surface area contributed by atoms with Gasteiger partial charge in [0.15, 0.2) is 0 Å². The summed E-state index contributed by atoms with van der Waals surface area (Å²) in [7, 11) is 3.93. The molecule has 0 aliphatic heterocycles. The summed E-state index contributed by atoms with van der Waals surface area (Å²) in [6.45, 7) is 2.64. The number of aromatic nitrogens is 2. The van der Waals surface area contributed by atoms with Gasteiger partial charge in [0.1, 0.15) is 6.10 Å². The van der Waals surface area contributed by atoms with Gasteiger partial charge in [0.2, 0.25) is 0 Å². The summed E-state index contributed by atoms with van der Waals surface area (Å²) >= 11 is 6.12. The van der Waals surface area contributed by atoms with Crippen LogP contribution in [0.1, 0.15) is 24.3 Å². The van der Waals surface area contributed by atoms with Gasteiger partial charge >= 0.3 is 0 Å². The number of aliphatic hydroxyl groups excluding tert-OH is 1. The van der Waals surface area contributed by atoms with E-state index in [1.54, 1.807) is 10.9 Å². The second-order valence-electron chi connectivity index (χ2n) is 4.59. The predicted molar refractivity (Wildman–Crippen MR) is 77.7 cm³/mol. The molecular formula is C14H18ClN3O. The van der Waals surface area contributed by atoms with E-state index in [9.17, 15) is 5.11 Å². The van der Waals surface area contributed by atoms with Crippen LogP contribution < -0.4 is 4.90 Å². The fraction of sp³-hybridized carbons (Fsp3) is 0.357. The molecule has 0 fully saturated rings. The lowest BCUT2D eigenvalue weighted by Crippen LogP contribution is -2.12. The first-order chi connectivity index (χ1) is 9.04. The lowest BCUT2D eigenvalue weighted by Gasteiger charge is -2.17. The number of aliphatic hydroxyl groups is 1. The molecule has 102 valence electrons. The van der Waals surface area contributed by atoms with Gasteiger partial charge in [-0.2, -0.15) is 5.10 Å². The lowest BCUT2D eigenvalue weighted by molar-refractivity contribution is 0.208. The predicted octanol–water partition coefficient (Wildman–Crippen LogP) is 2.70. The summed E-state index contributed by atoms with van der Waals surface area (Å²) < 4.78 is 1.72. The molecule has 0 aliphatic carbocycles. The van der Waals surface area contributed by atoms with Crippen molar-refractivity contribution in [3.63, 3.8) is 0 Å². The van der Waals surface area contributed by atoms with Crippen molar-refractivity contribution >= 4 is 17.3 Å². The highest BCUT2D eigenvalue weighted by Crippen LogP contribution is 2.29. The van der Waals surface area contributed by atoms with Crippen molar-refractivity contribution in [3.05, 3.63) is 46.7 Å². The Morgan fingerprint density at radius 3 is 2.79 bits per heavy atom. The number of aryl methyl sites for hydroxylation is 1. The maximum Gasteiger partial charge on any atom is 0.122 e. The van der Waals surface area contributed by atoms with Gasteiger partial charge in [0.25, 0.3) is 0 Å². The van der Waals surface area contributed by atoms with E-state index in [2.05, 4.69) is 5.10 Å².